The average molecular weight is 323 g/mol. The molecule has 4 N–H and O–H groups in total. The second-order valence-corrected chi connectivity index (χ2v) is 5.77. The second-order valence-electron chi connectivity index (χ2n) is 5.77. The standard InChI is InChI=1S/C18H34O2.H3N.Na.H/c1-2-3-4-5-6-7-8-9-10-11-12-13-14-15-16-17-18(19)20;;;/h16-17H,2-15H2,1H3,(H,19,20);1H3;;. The van der Waals surface area contributed by atoms with Gasteiger partial charge in [0.15, 0.2) is 0 Å². The Labute approximate surface area is 160 Å². The van der Waals surface area contributed by atoms with Crippen molar-refractivity contribution in [3.8, 4) is 0 Å². The van der Waals surface area contributed by atoms with Crippen LogP contribution in [0.15, 0.2) is 12.2 Å². The summed E-state index contributed by atoms with van der Waals surface area (Å²) in [6.07, 6.45) is 21.6. The van der Waals surface area contributed by atoms with Gasteiger partial charge in [-0.2, -0.15) is 0 Å². The summed E-state index contributed by atoms with van der Waals surface area (Å²) >= 11 is 0. The predicted molar refractivity (Wildman–Crippen MR) is 99.3 cm³/mol. The van der Waals surface area contributed by atoms with Crippen LogP contribution in [-0.4, -0.2) is 40.6 Å². The van der Waals surface area contributed by atoms with Crippen LogP contribution in [0.2, 0.25) is 0 Å². The van der Waals surface area contributed by atoms with Gasteiger partial charge in [0.2, 0.25) is 0 Å². The van der Waals surface area contributed by atoms with Crippen molar-refractivity contribution >= 4 is 35.5 Å². The fourth-order valence-electron chi connectivity index (χ4n) is 2.46. The summed E-state index contributed by atoms with van der Waals surface area (Å²) in [5, 5.41) is 8.43. The van der Waals surface area contributed by atoms with E-state index in [9.17, 15) is 4.79 Å². The van der Waals surface area contributed by atoms with Gasteiger partial charge in [-0.05, 0) is 12.8 Å². The van der Waals surface area contributed by atoms with Gasteiger partial charge in [0.05, 0.1) is 0 Å². The van der Waals surface area contributed by atoms with Crippen molar-refractivity contribution in [1.82, 2.24) is 6.15 Å². The summed E-state index contributed by atoms with van der Waals surface area (Å²) in [6.45, 7) is 2.27. The molecule has 22 heavy (non-hydrogen) atoms. The number of carboxylic acid groups (broad SMARTS) is 1. The van der Waals surface area contributed by atoms with Crippen molar-refractivity contribution in [2.45, 2.75) is 96.8 Å². The molecule has 0 saturated heterocycles. The number of allylic oxidation sites excluding steroid dienone is 1. The molecule has 0 saturated carbocycles. The van der Waals surface area contributed by atoms with E-state index in [1.807, 2.05) is 0 Å². The molecule has 0 spiro atoms. The fourth-order valence-corrected chi connectivity index (χ4v) is 2.46. The molecule has 0 atom stereocenters. The molecule has 0 aliphatic heterocycles. The van der Waals surface area contributed by atoms with E-state index in [1.54, 1.807) is 6.08 Å². The predicted octanol–water partition coefficient (Wildman–Crippen LogP) is 5.62. The van der Waals surface area contributed by atoms with Gasteiger partial charge in [0.1, 0.15) is 0 Å². The zero-order valence-corrected chi connectivity index (χ0v) is 14.1. The third-order valence-corrected chi connectivity index (χ3v) is 3.73. The first-order valence-corrected chi connectivity index (χ1v) is 8.67. The van der Waals surface area contributed by atoms with E-state index < -0.39 is 5.97 Å². The van der Waals surface area contributed by atoms with Crippen LogP contribution in [0.5, 0.6) is 0 Å². The molecule has 4 heteroatoms. The maximum absolute atomic E-state index is 10.2. The van der Waals surface area contributed by atoms with Crippen LogP contribution in [0.3, 0.4) is 0 Å². The molecule has 0 unspecified atom stereocenters. The molecular weight excluding hydrogens is 285 g/mol. The molecule has 0 radical (unpaired) electrons. The maximum atomic E-state index is 10.2. The number of carboxylic acids is 1. The van der Waals surface area contributed by atoms with Crippen LogP contribution in [0, 0.1) is 0 Å². The van der Waals surface area contributed by atoms with E-state index in [0.717, 1.165) is 12.8 Å². The Morgan fingerprint density at radius 3 is 1.50 bits per heavy atom. The van der Waals surface area contributed by atoms with Gasteiger partial charge < -0.3 is 11.3 Å². The average Bonchev–Trinajstić information content (AvgIpc) is 2.43. The Hall–Kier alpha value is 0.170. The molecule has 128 valence electrons. The van der Waals surface area contributed by atoms with Crippen LogP contribution < -0.4 is 6.15 Å². The van der Waals surface area contributed by atoms with Crippen molar-refractivity contribution in [1.29, 1.82) is 0 Å². The minimum atomic E-state index is -0.834. The van der Waals surface area contributed by atoms with Gasteiger partial charge in [-0.3, -0.25) is 0 Å². The molecule has 0 aliphatic rings. The summed E-state index contributed by atoms with van der Waals surface area (Å²) in [4.78, 5) is 10.2. The first-order chi connectivity index (χ1) is 9.77. The number of aliphatic carboxylic acids is 1. The Balaban J connectivity index is -0.00000180. The minimum absolute atomic E-state index is 0. The molecule has 0 bridgehead atoms. The Morgan fingerprint density at radius 2 is 1.14 bits per heavy atom. The summed E-state index contributed by atoms with van der Waals surface area (Å²) in [7, 11) is 0. The number of hydrogen-bond acceptors (Lipinski definition) is 2. The monoisotopic (exact) mass is 323 g/mol. The molecule has 0 aliphatic carbocycles. The van der Waals surface area contributed by atoms with Crippen LogP contribution in [0.4, 0.5) is 0 Å². The van der Waals surface area contributed by atoms with Crippen LogP contribution in [-0.2, 0) is 4.79 Å². The van der Waals surface area contributed by atoms with Gasteiger partial charge in [-0.25, -0.2) is 4.79 Å². The van der Waals surface area contributed by atoms with E-state index in [4.69, 9.17) is 5.11 Å². The quantitative estimate of drug-likeness (QED) is 0.233. The third-order valence-electron chi connectivity index (χ3n) is 3.73. The zero-order valence-electron chi connectivity index (χ0n) is 14.1. The Morgan fingerprint density at radius 1 is 0.773 bits per heavy atom. The molecule has 0 heterocycles. The molecule has 3 nitrogen and oxygen atoms in total. The summed E-state index contributed by atoms with van der Waals surface area (Å²) in [5.41, 5.74) is 0. The summed E-state index contributed by atoms with van der Waals surface area (Å²) in [5.74, 6) is -0.834. The number of unbranched alkanes of at least 4 members (excludes halogenated alkanes) is 13. The van der Waals surface area contributed by atoms with Gasteiger partial charge in [0, 0.05) is 6.08 Å². The molecule has 0 rings (SSSR count). The normalized spacial score (nSPS) is 10.2. The van der Waals surface area contributed by atoms with Crippen molar-refractivity contribution in [2.75, 3.05) is 0 Å². The fraction of sp³-hybridized carbons (Fsp3) is 0.833. The number of rotatable bonds is 15. The van der Waals surface area contributed by atoms with Crippen molar-refractivity contribution in [2.24, 2.45) is 0 Å². The van der Waals surface area contributed by atoms with Crippen LogP contribution in [0.25, 0.3) is 0 Å². The SMILES string of the molecule is CCCCCCCCCCCCCCCC=CC(=O)O.N.[NaH]. The summed E-state index contributed by atoms with van der Waals surface area (Å²) in [6, 6.07) is 0. The Bertz CT molecular complexity index is 245. The zero-order chi connectivity index (χ0) is 14.9. The first kappa shape index (κ1) is 27.0. The number of carbonyl (C=O) groups is 1. The van der Waals surface area contributed by atoms with Gasteiger partial charge in [-0.1, -0.05) is 90.0 Å². The first-order valence-electron chi connectivity index (χ1n) is 8.67. The van der Waals surface area contributed by atoms with Crippen LogP contribution in [0.1, 0.15) is 96.8 Å². The van der Waals surface area contributed by atoms with Gasteiger partial charge in [-0.15, -0.1) is 0 Å². The van der Waals surface area contributed by atoms with E-state index in [2.05, 4.69) is 6.92 Å². The van der Waals surface area contributed by atoms with E-state index in [-0.39, 0.29) is 35.7 Å². The van der Waals surface area contributed by atoms with Gasteiger partial charge >= 0.3 is 35.5 Å². The van der Waals surface area contributed by atoms with Gasteiger partial charge in [0.25, 0.3) is 0 Å². The molecule has 0 aromatic carbocycles. The van der Waals surface area contributed by atoms with Crippen molar-refractivity contribution in [3.05, 3.63) is 12.2 Å². The third kappa shape index (κ3) is 25.1. The second kappa shape index (κ2) is 23.4. The topological polar surface area (TPSA) is 72.3 Å². The van der Waals surface area contributed by atoms with Crippen molar-refractivity contribution < 1.29 is 9.90 Å². The summed E-state index contributed by atoms with van der Waals surface area (Å²) < 4.78 is 0. The van der Waals surface area contributed by atoms with Crippen LogP contribution >= 0.6 is 0 Å². The number of hydrogen-bond donors (Lipinski definition) is 2. The van der Waals surface area contributed by atoms with E-state index in [1.165, 1.54) is 83.1 Å². The molecular formula is C18H38NNaO2. The molecule has 0 fully saturated rings. The molecule has 0 aromatic heterocycles. The molecule has 0 amide bonds. The molecule has 0 aromatic rings. The van der Waals surface area contributed by atoms with Crippen molar-refractivity contribution in [3.63, 3.8) is 0 Å². The Kier molecular flexibility index (Phi) is 28.8. The van der Waals surface area contributed by atoms with E-state index in [0.29, 0.717) is 0 Å². The van der Waals surface area contributed by atoms with E-state index >= 15 is 0 Å².